The third-order valence-electron chi connectivity index (χ3n) is 5.00. The van der Waals surface area contributed by atoms with Gasteiger partial charge in [0.25, 0.3) is 0 Å². The molecule has 0 N–H and O–H groups in total. The number of hydrogen-bond acceptors (Lipinski definition) is 2. The molecule has 0 spiro atoms. The highest BCUT2D eigenvalue weighted by atomic mass is 15.3. The predicted molar refractivity (Wildman–Crippen MR) is 74.7 cm³/mol. The van der Waals surface area contributed by atoms with E-state index in [1.165, 1.54) is 77.5 Å². The van der Waals surface area contributed by atoms with Crippen LogP contribution < -0.4 is 5.32 Å². The fraction of sp³-hybridized carbons (Fsp3) is 1.00. The molecule has 3 rings (SSSR count). The minimum absolute atomic E-state index is 0.547. The van der Waals surface area contributed by atoms with Gasteiger partial charge < -0.3 is 4.90 Å². The molecule has 2 unspecified atom stereocenters. The van der Waals surface area contributed by atoms with Gasteiger partial charge in [0.2, 0.25) is 0 Å². The van der Waals surface area contributed by atoms with Crippen molar-refractivity contribution in [3.8, 4) is 0 Å². The fourth-order valence-electron chi connectivity index (χ4n) is 3.90. The summed E-state index contributed by atoms with van der Waals surface area (Å²) in [5.41, 5.74) is 0. The van der Waals surface area contributed by atoms with Gasteiger partial charge in [-0.3, -0.25) is 4.90 Å². The van der Waals surface area contributed by atoms with E-state index in [4.69, 9.17) is 5.32 Å². The van der Waals surface area contributed by atoms with Crippen LogP contribution in [0.25, 0.3) is 0 Å². The Morgan fingerprint density at radius 3 is 2.00 bits per heavy atom. The van der Waals surface area contributed by atoms with Crippen molar-refractivity contribution in [3.63, 3.8) is 0 Å². The van der Waals surface area contributed by atoms with Crippen LogP contribution >= 0.6 is 0 Å². The van der Waals surface area contributed by atoms with Crippen LogP contribution in [0.15, 0.2) is 0 Å². The molecule has 3 aliphatic rings. The van der Waals surface area contributed by atoms with Crippen molar-refractivity contribution < 1.29 is 0 Å². The first-order chi connectivity index (χ1) is 8.93. The second kappa shape index (κ2) is 6.36. The van der Waals surface area contributed by atoms with Gasteiger partial charge in [0.1, 0.15) is 0 Å². The molecule has 3 heterocycles. The lowest BCUT2D eigenvalue weighted by Crippen LogP contribution is -2.53. The molecule has 3 saturated heterocycles. The van der Waals surface area contributed by atoms with Crippen LogP contribution in [0.1, 0.15) is 51.4 Å². The molecule has 3 fully saturated rings. The molecular formula is C15H28N3. The smallest absolute Gasteiger partial charge is 0.0775 e. The number of rotatable bonds is 2. The van der Waals surface area contributed by atoms with Gasteiger partial charge in [0.15, 0.2) is 0 Å². The van der Waals surface area contributed by atoms with Crippen LogP contribution in [0, 0.1) is 0 Å². The summed E-state index contributed by atoms with van der Waals surface area (Å²) >= 11 is 0. The van der Waals surface area contributed by atoms with Crippen LogP contribution in [0.2, 0.25) is 0 Å². The second-order valence-corrected chi connectivity index (χ2v) is 6.26. The lowest BCUT2D eigenvalue weighted by Gasteiger charge is -2.43. The largest absolute Gasteiger partial charge is 0.300 e. The minimum Gasteiger partial charge on any atom is -0.300 e. The van der Waals surface area contributed by atoms with Crippen molar-refractivity contribution in [1.82, 2.24) is 15.1 Å². The van der Waals surface area contributed by atoms with Crippen molar-refractivity contribution in [3.05, 3.63) is 0 Å². The number of piperidine rings is 3. The van der Waals surface area contributed by atoms with Crippen LogP contribution in [0.4, 0.5) is 0 Å². The first-order valence-corrected chi connectivity index (χ1v) is 8.08. The third kappa shape index (κ3) is 3.06. The van der Waals surface area contributed by atoms with E-state index in [1.54, 1.807) is 0 Å². The van der Waals surface area contributed by atoms with E-state index in [0.717, 1.165) is 12.6 Å². The lowest BCUT2D eigenvalue weighted by molar-refractivity contribution is 0.0518. The Hall–Kier alpha value is -0.120. The summed E-state index contributed by atoms with van der Waals surface area (Å²) in [6, 6.07) is 0.828. The van der Waals surface area contributed by atoms with E-state index >= 15 is 0 Å². The molecule has 1 radical (unpaired) electrons. The van der Waals surface area contributed by atoms with E-state index in [2.05, 4.69) is 9.80 Å². The Bertz CT molecular complexity index is 220. The average molecular weight is 250 g/mol. The van der Waals surface area contributed by atoms with Crippen molar-refractivity contribution in [2.75, 3.05) is 32.7 Å². The van der Waals surface area contributed by atoms with Gasteiger partial charge >= 0.3 is 0 Å². The maximum absolute atomic E-state index is 4.90. The summed E-state index contributed by atoms with van der Waals surface area (Å²) < 4.78 is 0. The summed E-state index contributed by atoms with van der Waals surface area (Å²) in [6.07, 6.45) is 11.7. The Kier molecular flexibility index (Phi) is 4.55. The molecule has 3 nitrogen and oxygen atoms in total. The molecule has 0 aromatic carbocycles. The minimum atomic E-state index is 0.547. The molecule has 2 atom stereocenters. The molecular weight excluding hydrogens is 222 g/mol. The van der Waals surface area contributed by atoms with Gasteiger partial charge in [-0.25, -0.2) is 5.32 Å². The molecule has 18 heavy (non-hydrogen) atoms. The van der Waals surface area contributed by atoms with E-state index < -0.39 is 0 Å². The zero-order chi connectivity index (χ0) is 12.2. The summed E-state index contributed by atoms with van der Waals surface area (Å²) in [6.45, 7) is 6.37. The quantitative estimate of drug-likeness (QED) is 0.748. The van der Waals surface area contributed by atoms with Crippen LogP contribution in [0.5, 0.6) is 0 Å². The predicted octanol–water partition coefficient (Wildman–Crippen LogP) is 2.05. The normalized spacial score (nSPS) is 36.7. The Morgan fingerprint density at radius 1 is 0.722 bits per heavy atom. The van der Waals surface area contributed by atoms with Crippen LogP contribution in [0.3, 0.4) is 0 Å². The van der Waals surface area contributed by atoms with E-state index in [9.17, 15) is 0 Å². The Morgan fingerprint density at radius 2 is 1.33 bits per heavy atom. The summed E-state index contributed by atoms with van der Waals surface area (Å²) in [4.78, 5) is 5.41. The zero-order valence-electron chi connectivity index (χ0n) is 11.7. The first kappa shape index (κ1) is 12.9. The average Bonchev–Trinajstić information content (AvgIpc) is 2.49. The molecule has 103 valence electrons. The van der Waals surface area contributed by atoms with Crippen molar-refractivity contribution in [2.45, 2.75) is 63.6 Å². The molecule has 0 aromatic rings. The lowest BCUT2D eigenvalue weighted by atomic mass is 9.97. The van der Waals surface area contributed by atoms with E-state index in [1.807, 2.05) is 0 Å². The van der Waals surface area contributed by atoms with Gasteiger partial charge in [-0.2, -0.15) is 0 Å². The van der Waals surface area contributed by atoms with E-state index in [0.29, 0.717) is 6.17 Å². The van der Waals surface area contributed by atoms with Gasteiger partial charge in [-0.15, -0.1) is 0 Å². The van der Waals surface area contributed by atoms with Crippen molar-refractivity contribution in [1.29, 1.82) is 0 Å². The Labute approximate surface area is 112 Å². The number of hydrogen-bond donors (Lipinski definition) is 0. The van der Waals surface area contributed by atoms with Gasteiger partial charge in [0.05, 0.1) is 6.17 Å². The fourth-order valence-corrected chi connectivity index (χ4v) is 3.90. The van der Waals surface area contributed by atoms with E-state index in [-0.39, 0.29) is 0 Å². The Balaban J connectivity index is 1.53. The van der Waals surface area contributed by atoms with Crippen LogP contribution in [-0.4, -0.2) is 54.7 Å². The SMILES string of the molecule is C1CCN(C2CC[N]C(N3CCCCC3)C2)CC1. The number of likely N-dealkylation sites (tertiary alicyclic amines) is 2. The summed E-state index contributed by atoms with van der Waals surface area (Å²) in [5.74, 6) is 0. The molecule has 3 heteroatoms. The zero-order valence-corrected chi connectivity index (χ0v) is 11.7. The maximum Gasteiger partial charge on any atom is 0.0775 e. The van der Waals surface area contributed by atoms with Gasteiger partial charge in [-0.05, 0) is 64.7 Å². The van der Waals surface area contributed by atoms with Crippen LogP contribution in [-0.2, 0) is 0 Å². The summed E-state index contributed by atoms with van der Waals surface area (Å²) in [7, 11) is 0. The van der Waals surface area contributed by atoms with Crippen molar-refractivity contribution >= 4 is 0 Å². The standard InChI is InChI=1S/C15H28N3/c1-3-9-17(10-4-1)14-7-8-16-15(13-14)18-11-5-2-6-12-18/h14-15H,1-13H2. The monoisotopic (exact) mass is 250 g/mol. The maximum atomic E-state index is 4.90. The summed E-state index contributed by atoms with van der Waals surface area (Å²) in [5, 5.41) is 4.90. The molecule has 0 bridgehead atoms. The first-order valence-electron chi connectivity index (χ1n) is 8.08. The molecule has 0 saturated carbocycles. The number of nitrogens with zero attached hydrogens (tertiary/aromatic N) is 3. The molecule has 0 aliphatic carbocycles. The highest BCUT2D eigenvalue weighted by molar-refractivity contribution is 4.86. The van der Waals surface area contributed by atoms with Crippen molar-refractivity contribution in [2.24, 2.45) is 0 Å². The highest BCUT2D eigenvalue weighted by Gasteiger charge is 2.31. The highest BCUT2D eigenvalue weighted by Crippen LogP contribution is 2.24. The van der Waals surface area contributed by atoms with Gasteiger partial charge in [0, 0.05) is 12.6 Å². The van der Waals surface area contributed by atoms with Gasteiger partial charge in [-0.1, -0.05) is 12.8 Å². The molecule has 0 amide bonds. The topological polar surface area (TPSA) is 20.6 Å². The second-order valence-electron chi connectivity index (χ2n) is 6.26. The molecule has 3 aliphatic heterocycles. The third-order valence-corrected chi connectivity index (χ3v) is 5.00. The molecule has 0 aromatic heterocycles.